The van der Waals surface area contributed by atoms with Gasteiger partial charge in [-0.15, -0.1) is 0 Å². The van der Waals surface area contributed by atoms with Gasteiger partial charge in [-0.05, 0) is 17.7 Å². The van der Waals surface area contributed by atoms with Gasteiger partial charge in [-0.1, -0.05) is 42.5 Å². The molecule has 5 nitrogen and oxygen atoms in total. The predicted molar refractivity (Wildman–Crippen MR) is 96.5 cm³/mol. The van der Waals surface area contributed by atoms with Crippen molar-refractivity contribution in [2.75, 3.05) is 14.2 Å². The first-order chi connectivity index (χ1) is 12.7. The van der Waals surface area contributed by atoms with Crippen molar-refractivity contribution in [2.45, 2.75) is 24.6 Å². The number of allylic oxidation sites excluding steroid dienone is 1. The number of benzene rings is 2. The Morgan fingerprint density at radius 1 is 1.15 bits per heavy atom. The maximum atomic E-state index is 12.3. The Morgan fingerprint density at radius 3 is 2.73 bits per heavy atom. The standard InChI is InChI=1S/C21H21NO4/c1-24-18-10-6-4-8-16(18)15-11-19(20(23)25-2)26-21(12-15)17-9-5-3-7-14(17)13-22-21/h3-11,15,22H,12-13H2,1-2H3. The number of hydrogen-bond acceptors (Lipinski definition) is 5. The zero-order valence-electron chi connectivity index (χ0n) is 14.8. The van der Waals surface area contributed by atoms with E-state index in [9.17, 15) is 4.79 Å². The Labute approximate surface area is 152 Å². The van der Waals surface area contributed by atoms with Crippen molar-refractivity contribution in [2.24, 2.45) is 0 Å². The van der Waals surface area contributed by atoms with E-state index in [0.29, 0.717) is 13.0 Å². The lowest BCUT2D eigenvalue weighted by Gasteiger charge is -2.38. The van der Waals surface area contributed by atoms with Crippen LogP contribution in [0.5, 0.6) is 5.75 Å². The van der Waals surface area contributed by atoms with E-state index in [2.05, 4.69) is 17.4 Å². The molecule has 2 aliphatic rings. The van der Waals surface area contributed by atoms with E-state index in [1.165, 1.54) is 12.7 Å². The van der Waals surface area contributed by atoms with Gasteiger partial charge in [0.2, 0.25) is 5.76 Å². The van der Waals surface area contributed by atoms with E-state index >= 15 is 0 Å². The van der Waals surface area contributed by atoms with E-state index in [-0.39, 0.29) is 11.7 Å². The zero-order valence-corrected chi connectivity index (χ0v) is 14.8. The van der Waals surface area contributed by atoms with Crippen LogP contribution in [0.15, 0.2) is 60.4 Å². The summed E-state index contributed by atoms with van der Waals surface area (Å²) in [5, 5.41) is 3.47. The molecule has 0 saturated heterocycles. The summed E-state index contributed by atoms with van der Waals surface area (Å²) in [5.41, 5.74) is 2.51. The molecule has 0 aromatic heterocycles. The lowest BCUT2D eigenvalue weighted by molar-refractivity contribution is -0.147. The number of hydrogen-bond donors (Lipinski definition) is 1. The molecule has 2 aromatic carbocycles. The van der Waals surface area contributed by atoms with Gasteiger partial charge < -0.3 is 14.2 Å². The van der Waals surface area contributed by atoms with Crippen molar-refractivity contribution >= 4 is 5.97 Å². The normalized spacial score (nSPS) is 23.8. The average molecular weight is 351 g/mol. The number of carbonyl (C=O) groups excluding carboxylic acids is 1. The van der Waals surface area contributed by atoms with Crippen LogP contribution in [-0.2, 0) is 26.5 Å². The van der Waals surface area contributed by atoms with Gasteiger partial charge in [0.05, 0.1) is 14.2 Å². The van der Waals surface area contributed by atoms with Gasteiger partial charge in [0.15, 0.2) is 5.72 Å². The number of nitrogens with one attached hydrogen (secondary N) is 1. The first-order valence-electron chi connectivity index (χ1n) is 8.62. The molecule has 2 atom stereocenters. The van der Waals surface area contributed by atoms with Crippen LogP contribution in [-0.4, -0.2) is 20.2 Å². The van der Waals surface area contributed by atoms with E-state index in [1.54, 1.807) is 7.11 Å². The molecule has 1 spiro atoms. The molecule has 0 bridgehead atoms. The molecule has 0 aliphatic carbocycles. The molecule has 2 unspecified atom stereocenters. The Morgan fingerprint density at radius 2 is 1.92 bits per heavy atom. The number of rotatable bonds is 3. The molecule has 0 radical (unpaired) electrons. The van der Waals surface area contributed by atoms with E-state index in [1.807, 2.05) is 42.5 Å². The van der Waals surface area contributed by atoms with Gasteiger partial charge in [0.1, 0.15) is 5.75 Å². The fourth-order valence-corrected chi connectivity index (χ4v) is 3.87. The number of fused-ring (bicyclic) bond motifs is 2. The minimum absolute atomic E-state index is 0.0485. The monoisotopic (exact) mass is 351 g/mol. The average Bonchev–Trinajstić information content (AvgIpc) is 3.04. The Bertz CT molecular complexity index is 876. The predicted octanol–water partition coefficient (Wildman–Crippen LogP) is 3.21. The van der Waals surface area contributed by atoms with Gasteiger partial charge >= 0.3 is 5.97 Å². The third-order valence-electron chi connectivity index (χ3n) is 5.09. The van der Waals surface area contributed by atoms with Crippen LogP contribution in [0.2, 0.25) is 0 Å². The minimum Gasteiger partial charge on any atom is -0.496 e. The van der Waals surface area contributed by atoms with Crippen molar-refractivity contribution in [3.8, 4) is 5.75 Å². The first kappa shape index (κ1) is 16.7. The fraction of sp³-hybridized carbons (Fsp3) is 0.286. The summed E-state index contributed by atoms with van der Waals surface area (Å²) in [5.74, 6) is 0.489. The molecule has 0 fully saturated rings. The molecular formula is C21H21NO4. The first-order valence-corrected chi connectivity index (χ1v) is 8.62. The van der Waals surface area contributed by atoms with Crippen LogP contribution in [0.3, 0.4) is 0 Å². The largest absolute Gasteiger partial charge is 0.496 e. The van der Waals surface area contributed by atoms with Gasteiger partial charge in [0, 0.05) is 30.0 Å². The third-order valence-corrected chi connectivity index (χ3v) is 5.09. The number of ether oxygens (including phenoxy) is 3. The molecule has 134 valence electrons. The molecule has 2 heterocycles. The molecule has 0 amide bonds. The third kappa shape index (κ3) is 2.65. The lowest BCUT2D eigenvalue weighted by Crippen LogP contribution is -2.44. The summed E-state index contributed by atoms with van der Waals surface area (Å²) in [6, 6.07) is 16.0. The van der Waals surface area contributed by atoms with E-state index < -0.39 is 11.7 Å². The number of esters is 1. The summed E-state index contributed by atoms with van der Waals surface area (Å²) >= 11 is 0. The molecule has 5 heteroatoms. The number of carbonyl (C=O) groups is 1. The molecular weight excluding hydrogens is 330 g/mol. The van der Waals surface area contributed by atoms with Crippen LogP contribution < -0.4 is 10.1 Å². The molecule has 2 aromatic rings. The van der Waals surface area contributed by atoms with Crippen LogP contribution in [0.25, 0.3) is 0 Å². The SMILES string of the molecule is COC(=O)C1=CC(c2ccccc2OC)CC2(NCc3ccccc32)O1. The van der Waals surface area contributed by atoms with Gasteiger partial charge in [0.25, 0.3) is 0 Å². The second-order valence-electron chi connectivity index (χ2n) is 6.51. The van der Waals surface area contributed by atoms with E-state index in [0.717, 1.165) is 16.9 Å². The molecule has 2 aliphatic heterocycles. The highest BCUT2D eigenvalue weighted by molar-refractivity contribution is 5.86. The summed E-state index contributed by atoms with van der Waals surface area (Å²) in [4.78, 5) is 12.3. The van der Waals surface area contributed by atoms with Crippen LogP contribution in [0.4, 0.5) is 0 Å². The lowest BCUT2D eigenvalue weighted by atomic mass is 9.84. The topological polar surface area (TPSA) is 56.8 Å². The Kier molecular flexibility index (Phi) is 4.17. The minimum atomic E-state index is -0.750. The number of para-hydroxylation sites is 1. The van der Waals surface area contributed by atoms with Crippen molar-refractivity contribution in [3.05, 3.63) is 77.1 Å². The van der Waals surface area contributed by atoms with Gasteiger partial charge in [-0.2, -0.15) is 0 Å². The summed E-state index contributed by atoms with van der Waals surface area (Å²) in [7, 11) is 3.02. The van der Waals surface area contributed by atoms with Gasteiger partial charge in [-0.3, -0.25) is 5.32 Å². The highest BCUT2D eigenvalue weighted by Crippen LogP contribution is 2.46. The second kappa shape index (κ2) is 6.50. The molecule has 4 rings (SSSR count). The quantitative estimate of drug-likeness (QED) is 0.861. The van der Waals surface area contributed by atoms with E-state index in [4.69, 9.17) is 14.2 Å². The van der Waals surface area contributed by atoms with Crippen molar-refractivity contribution in [1.82, 2.24) is 5.32 Å². The fourth-order valence-electron chi connectivity index (χ4n) is 3.87. The van der Waals surface area contributed by atoms with Crippen molar-refractivity contribution < 1.29 is 19.0 Å². The summed E-state index contributed by atoms with van der Waals surface area (Å²) in [6.07, 6.45) is 2.49. The Hall–Kier alpha value is -2.79. The smallest absolute Gasteiger partial charge is 0.373 e. The maximum absolute atomic E-state index is 12.3. The summed E-state index contributed by atoms with van der Waals surface area (Å²) in [6.45, 7) is 0.698. The molecule has 0 saturated carbocycles. The molecule has 26 heavy (non-hydrogen) atoms. The van der Waals surface area contributed by atoms with Crippen molar-refractivity contribution in [3.63, 3.8) is 0 Å². The summed E-state index contributed by atoms with van der Waals surface area (Å²) < 4.78 is 16.6. The van der Waals surface area contributed by atoms with Crippen molar-refractivity contribution in [1.29, 1.82) is 0 Å². The Balaban J connectivity index is 1.81. The molecule has 1 N–H and O–H groups in total. The highest BCUT2D eigenvalue weighted by atomic mass is 16.6. The number of methoxy groups -OCH3 is 2. The zero-order chi connectivity index (χ0) is 18.1. The second-order valence-corrected chi connectivity index (χ2v) is 6.51. The highest BCUT2D eigenvalue weighted by Gasteiger charge is 2.47. The van der Waals surface area contributed by atoms with Crippen LogP contribution in [0, 0.1) is 0 Å². The van der Waals surface area contributed by atoms with Gasteiger partial charge in [-0.25, -0.2) is 4.79 Å². The maximum Gasteiger partial charge on any atom is 0.373 e. The van der Waals surface area contributed by atoms with Crippen LogP contribution >= 0.6 is 0 Å². The van der Waals surface area contributed by atoms with Crippen LogP contribution in [0.1, 0.15) is 29.0 Å².